The highest BCUT2D eigenvalue weighted by Crippen LogP contribution is 2.30. The molecular formula is C18H13Cl2N3O2S. The minimum absolute atomic E-state index is 0.264. The molecule has 0 aliphatic rings. The molecule has 1 heterocycles. The molecule has 0 radical (unpaired) electrons. The van der Waals surface area contributed by atoms with Crippen LogP contribution in [-0.4, -0.2) is 23.8 Å². The molecule has 0 aliphatic carbocycles. The van der Waals surface area contributed by atoms with Crippen LogP contribution in [0.15, 0.2) is 47.8 Å². The molecule has 0 atom stereocenters. The van der Waals surface area contributed by atoms with Gasteiger partial charge in [0.15, 0.2) is 0 Å². The van der Waals surface area contributed by atoms with Crippen LogP contribution < -0.4 is 10.6 Å². The van der Waals surface area contributed by atoms with Crippen LogP contribution in [0.5, 0.6) is 0 Å². The molecule has 3 aromatic rings. The van der Waals surface area contributed by atoms with E-state index in [9.17, 15) is 9.59 Å². The Bertz CT molecular complexity index is 986. The first-order valence-corrected chi connectivity index (χ1v) is 9.09. The molecule has 2 aromatic carbocycles. The fourth-order valence-electron chi connectivity index (χ4n) is 2.27. The molecule has 3 rings (SSSR count). The number of carbonyl (C=O) groups excluding carboxylic acids is 2. The minimum Gasteiger partial charge on any atom is -0.366 e. The lowest BCUT2D eigenvalue weighted by molar-refractivity contribution is 0.0986. The highest BCUT2D eigenvalue weighted by molar-refractivity contribution is 7.13. The van der Waals surface area contributed by atoms with Crippen molar-refractivity contribution in [1.82, 2.24) is 4.98 Å². The zero-order valence-electron chi connectivity index (χ0n) is 13.6. The van der Waals surface area contributed by atoms with Crippen molar-refractivity contribution in [2.75, 3.05) is 11.9 Å². The third kappa shape index (κ3) is 3.72. The predicted molar refractivity (Wildman–Crippen MR) is 105 cm³/mol. The topological polar surface area (TPSA) is 76.3 Å². The molecule has 0 fully saturated rings. The quantitative estimate of drug-likeness (QED) is 0.694. The Morgan fingerprint density at radius 3 is 2.38 bits per heavy atom. The standard InChI is InChI=1S/C18H13Cl2N3O2S/c1-23(12-5-2-10(3-6-12)16(21)24)18(25)15-9-26-17(22-15)11-4-7-13(19)14(20)8-11/h2-9H,1H3,(H2,21,24). The van der Waals surface area contributed by atoms with E-state index in [0.717, 1.165) is 5.56 Å². The summed E-state index contributed by atoms with van der Waals surface area (Å²) in [5.41, 5.74) is 7.34. The van der Waals surface area contributed by atoms with E-state index in [1.165, 1.54) is 16.2 Å². The SMILES string of the molecule is CN(C(=O)c1csc(-c2ccc(Cl)c(Cl)c2)n1)c1ccc(C(N)=O)cc1. The molecule has 5 nitrogen and oxygen atoms in total. The van der Waals surface area contributed by atoms with E-state index in [0.29, 0.717) is 32.0 Å². The van der Waals surface area contributed by atoms with Crippen molar-refractivity contribution in [2.45, 2.75) is 0 Å². The lowest BCUT2D eigenvalue weighted by atomic mass is 10.2. The molecular weight excluding hydrogens is 393 g/mol. The molecule has 2 amide bonds. The molecule has 26 heavy (non-hydrogen) atoms. The second kappa shape index (κ2) is 7.45. The van der Waals surface area contributed by atoms with Crippen molar-refractivity contribution in [3.05, 3.63) is 69.1 Å². The third-order valence-electron chi connectivity index (χ3n) is 3.73. The summed E-state index contributed by atoms with van der Waals surface area (Å²) in [6.45, 7) is 0. The Kier molecular flexibility index (Phi) is 5.27. The van der Waals surface area contributed by atoms with Crippen LogP contribution in [0.25, 0.3) is 10.6 Å². The fourth-order valence-corrected chi connectivity index (χ4v) is 3.36. The monoisotopic (exact) mass is 405 g/mol. The molecule has 0 saturated carbocycles. The Labute approximate surface area is 164 Å². The number of anilines is 1. The smallest absolute Gasteiger partial charge is 0.277 e. The van der Waals surface area contributed by atoms with Gasteiger partial charge >= 0.3 is 0 Å². The number of nitrogens with zero attached hydrogens (tertiary/aromatic N) is 2. The van der Waals surface area contributed by atoms with E-state index in [4.69, 9.17) is 28.9 Å². The number of carbonyl (C=O) groups is 2. The van der Waals surface area contributed by atoms with Crippen LogP contribution >= 0.6 is 34.5 Å². The number of halogens is 2. The summed E-state index contributed by atoms with van der Waals surface area (Å²) < 4.78 is 0. The van der Waals surface area contributed by atoms with Gasteiger partial charge in [0.1, 0.15) is 10.7 Å². The van der Waals surface area contributed by atoms with Gasteiger partial charge in [-0.15, -0.1) is 11.3 Å². The van der Waals surface area contributed by atoms with Crippen LogP contribution in [0.1, 0.15) is 20.8 Å². The van der Waals surface area contributed by atoms with Crippen molar-refractivity contribution in [1.29, 1.82) is 0 Å². The van der Waals surface area contributed by atoms with Crippen LogP contribution in [0.3, 0.4) is 0 Å². The van der Waals surface area contributed by atoms with Gasteiger partial charge < -0.3 is 10.6 Å². The van der Waals surface area contributed by atoms with Crippen molar-refractivity contribution < 1.29 is 9.59 Å². The van der Waals surface area contributed by atoms with E-state index in [1.54, 1.807) is 54.9 Å². The van der Waals surface area contributed by atoms with Crippen molar-refractivity contribution >= 4 is 52.0 Å². The van der Waals surface area contributed by atoms with Crippen LogP contribution in [0.2, 0.25) is 10.0 Å². The first-order chi connectivity index (χ1) is 12.4. The van der Waals surface area contributed by atoms with Crippen LogP contribution in [-0.2, 0) is 0 Å². The predicted octanol–water partition coefficient (Wildman–Crippen LogP) is 4.49. The van der Waals surface area contributed by atoms with Gasteiger partial charge in [0.05, 0.1) is 10.0 Å². The van der Waals surface area contributed by atoms with Gasteiger partial charge in [-0.25, -0.2) is 4.98 Å². The summed E-state index contributed by atoms with van der Waals surface area (Å²) in [5, 5.41) is 3.25. The first-order valence-electron chi connectivity index (χ1n) is 7.45. The molecule has 132 valence electrons. The lowest BCUT2D eigenvalue weighted by Crippen LogP contribution is -2.26. The summed E-state index contributed by atoms with van der Waals surface area (Å²) in [6, 6.07) is 11.7. The summed E-state index contributed by atoms with van der Waals surface area (Å²) in [5.74, 6) is -0.782. The van der Waals surface area contributed by atoms with Crippen molar-refractivity contribution in [3.63, 3.8) is 0 Å². The number of amides is 2. The van der Waals surface area contributed by atoms with E-state index >= 15 is 0 Å². The average molecular weight is 406 g/mol. The molecule has 0 spiro atoms. The summed E-state index contributed by atoms with van der Waals surface area (Å²) in [7, 11) is 1.64. The lowest BCUT2D eigenvalue weighted by Gasteiger charge is -2.16. The average Bonchev–Trinajstić information content (AvgIpc) is 3.13. The highest BCUT2D eigenvalue weighted by Gasteiger charge is 2.18. The Morgan fingerprint density at radius 1 is 1.08 bits per heavy atom. The first kappa shape index (κ1) is 18.4. The van der Waals surface area contributed by atoms with Crippen LogP contribution in [0, 0.1) is 0 Å². The minimum atomic E-state index is -0.517. The largest absolute Gasteiger partial charge is 0.366 e. The molecule has 0 bridgehead atoms. The van der Waals surface area contributed by atoms with E-state index in [-0.39, 0.29) is 5.91 Å². The van der Waals surface area contributed by atoms with Gasteiger partial charge in [-0.1, -0.05) is 29.3 Å². The Hall–Kier alpha value is -2.41. The van der Waals surface area contributed by atoms with Gasteiger partial charge in [-0.3, -0.25) is 9.59 Å². The van der Waals surface area contributed by atoms with Crippen LogP contribution in [0.4, 0.5) is 5.69 Å². The zero-order valence-corrected chi connectivity index (χ0v) is 15.9. The van der Waals surface area contributed by atoms with E-state index in [1.807, 2.05) is 0 Å². The van der Waals surface area contributed by atoms with Crippen molar-refractivity contribution in [3.8, 4) is 10.6 Å². The zero-order chi connectivity index (χ0) is 18.8. The highest BCUT2D eigenvalue weighted by atomic mass is 35.5. The molecule has 0 saturated heterocycles. The molecule has 0 unspecified atom stereocenters. The number of primary amides is 1. The Balaban J connectivity index is 1.82. The Morgan fingerprint density at radius 2 is 1.77 bits per heavy atom. The molecule has 1 aromatic heterocycles. The van der Waals surface area contributed by atoms with E-state index < -0.39 is 5.91 Å². The fraction of sp³-hybridized carbons (Fsp3) is 0.0556. The molecule has 8 heteroatoms. The molecule has 0 aliphatic heterocycles. The normalized spacial score (nSPS) is 10.6. The number of hydrogen-bond acceptors (Lipinski definition) is 4. The number of aromatic nitrogens is 1. The van der Waals surface area contributed by atoms with Gasteiger partial charge in [0.25, 0.3) is 5.91 Å². The summed E-state index contributed by atoms with van der Waals surface area (Å²) in [4.78, 5) is 29.6. The summed E-state index contributed by atoms with van der Waals surface area (Å²) in [6.07, 6.45) is 0. The maximum Gasteiger partial charge on any atom is 0.277 e. The summed E-state index contributed by atoms with van der Waals surface area (Å²) >= 11 is 13.3. The van der Waals surface area contributed by atoms with Gasteiger partial charge in [0.2, 0.25) is 5.91 Å². The number of nitrogens with two attached hydrogens (primary N) is 1. The third-order valence-corrected chi connectivity index (χ3v) is 5.36. The van der Waals surface area contributed by atoms with Gasteiger partial charge in [0, 0.05) is 29.2 Å². The number of thiazole rings is 1. The van der Waals surface area contributed by atoms with Gasteiger partial charge in [-0.2, -0.15) is 0 Å². The molecule has 2 N–H and O–H groups in total. The maximum absolute atomic E-state index is 12.7. The second-order valence-electron chi connectivity index (χ2n) is 5.44. The van der Waals surface area contributed by atoms with Gasteiger partial charge in [-0.05, 0) is 36.4 Å². The number of benzene rings is 2. The van der Waals surface area contributed by atoms with E-state index in [2.05, 4.69) is 4.98 Å². The number of rotatable bonds is 4. The van der Waals surface area contributed by atoms with Crippen molar-refractivity contribution in [2.24, 2.45) is 5.73 Å². The number of hydrogen-bond donors (Lipinski definition) is 1. The second-order valence-corrected chi connectivity index (χ2v) is 7.11. The maximum atomic E-state index is 12.7.